The Labute approximate surface area is 298 Å². The van der Waals surface area contributed by atoms with Gasteiger partial charge < -0.3 is 35.8 Å². The summed E-state index contributed by atoms with van der Waals surface area (Å²) >= 11 is 0. The number of aliphatic hydroxyl groups excluding tert-OH is 1. The van der Waals surface area contributed by atoms with E-state index in [0.29, 0.717) is 53.7 Å². The van der Waals surface area contributed by atoms with Crippen LogP contribution in [0.15, 0.2) is 0 Å². The fourth-order valence-electron chi connectivity index (χ4n) is 10.7. The highest BCUT2D eigenvalue weighted by Crippen LogP contribution is 2.61. The molecule has 284 valence electrons. The van der Waals surface area contributed by atoms with Crippen LogP contribution in [0.25, 0.3) is 0 Å². The second kappa shape index (κ2) is 17.3. The van der Waals surface area contributed by atoms with E-state index in [9.17, 15) is 9.90 Å². The fourth-order valence-corrected chi connectivity index (χ4v) is 10.7. The van der Waals surface area contributed by atoms with Crippen molar-refractivity contribution in [3.8, 4) is 0 Å². The Morgan fingerprint density at radius 1 is 1.14 bits per heavy atom. The average Bonchev–Trinajstić information content (AvgIpc) is 3.72. The van der Waals surface area contributed by atoms with Crippen LogP contribution < -0.4 is 16.4 Å². The van der Waals surface area contributed by atoms with Gasteiger partial charge in [-0.05, 0) is 127 Å². The predicted molar refractivity (Wildman–Crippen MR) is 195 cm³/mol. The van der Waals surface area contributed by atoms with Crippen molar-refractivity contribution < 1.29 is 24.2 Å². The second-order valence-corrected chi connectivity index (χ2v) is 17.7. The third kappa shape index (κ3) is 9.03. The van der Waals surface area contributed by atoms with Gasteiger partial charge in [0.05, 0.1) is 24.4 Å². The third-order valence-corrected chi connectivity index (χ3v) is 14.2. The fraction of sp³-hybridized carbons (Fsp3) is 0.974. The number of carbonyl (C=O) groups excluding carboxylic acids is 1. The van der Waals surface area contributed by atoms with Crippen molar-refractivity contribution in [1.82, 2.24) is 20.6 Å². The minimum atomic E-state index is -0.710. The van der Waals surface area contributed by atoms with Crippen molar-refractivity contribution in [3.05, 3.63) is 0 Å². The van der Waals surface area contributed by atoms with Crippen molar-refractivity contribution in [1.29, 1.82) is 0 Å². The molecule has 5 N–H and O–H groups in total. The van der Waals surface area contributed by atoms with Gasteiger partial charge in [0.25, 0.3) is 0 Å². The summed E-state index contributed by atoms with van der Waals surface area (Å²) < 4.78 is 12.2. The number of amides is 1. The number of carbonyl (C=O) groups is 1. The van der Waals surface area contributed by atoms with Gasteiger partial charge in [-0.25, -0.2) is 0 Å². The van der Waals surface area contributed by atoms with Gasteiger partial charge in [0.15, 0.2) is 0 Å². The minimum Gasteiger partial charge on any atom is -0.393 e. The Balaban J connectivity index is 1.23. The van der Waals surface area contributed by atoms with Crippen LogP contribution in [-0.4, -0.2) is 118 Å². The summed E-state index contributed by atoms with van der Waals surface area (Å²) in [6.45, 7) is 14.9. The Hall–Kier alpha value is -0.850. The molecular weight excluding hydrogens is 618 g/mol. The van der Waals surface area contributed by atoms with Crippen molar-refractivity contribution in [2.24, 2.45) is 52.6 Å². The molecule has 1 amide bonds. The molecule has 4 aliphatic carbocycles. The molecule has 2 bridgehead atoms. The zero-order valence-electron chi connectivity index (χ0n) is 32.2. The molecule has 49 heavy (non-hydrogen) atoms. The van der Waals surface area contributed by atoms with Gasteiger partial charge in [-0.1, -0.05) is 27.2 Å². The van der Waals surface area contributed by atoms with E-state index in [1.54, 1.807) is 6.92 Å². The molecule has 2 saturated heterocycles. The lowest BCUT2D eigenvalue weighted by Crippen LogP contribution is -2.62. The predicted octanol–water partition coefficient (Wildman–Crippen LogP) is 4.05. The van der Waals surface area contributed by atoms with Crippen LogP contribution in [0.1, 0.15) is 98.8 Å². The zero-order valence-corrected chi connectivity index (χ0v) is 32.2. The number of hydrogen-bond acceptors (Lipinski definition) is 9. The van der Waals surface area contributed by atoms with Crippen LogP contribution in [0.5, 0.6) is 0 Å². The van der Waals surface area contributed by atoms with Gasteiger partial charge in [0.1, 0.15) is 6.04 Å². The number of nitrogens with two attached hydrogens (primary N) is 1. The summed E-state index contributed by atoms with van der Waals surface area (Å²) in [5.74, 6) is 2.62. The summed E-state index contributed by atoms with van der Waals surface area (Å²) in [7, 11) is 6.22. The molecular formula is C39H73N5O5. The number of fused-ring (bicyclic) bond motifs is 2. The van der Waals surface area contributed by atoms with Gasteiger partial charge in [-0.3, -0.25) is 9.63 Å². The largest absolute Gasteiger partial charge is 0.393 e. The van der Waals surface area contributed by atoms with Gasteiger partial charge >= 0.3 is 0 Å². The molecule has 2 heterocycles. The van der Waals surface area contributed by atoms with Gasteiger partial charge in [0, 0.05) is 57.3 Å². The van der Waals surface area contributed by atoms with E-state index in [-0.39, 0.29) is 36.4 Å². The van der Waals surface area contributed by atoms with Gasteiger partial charge in [-0.2, -0.15) is 5.06 Å². The highest BCUT2D eigenvalue weighted by molar-refractivity contribution is 5.82. The lowest BCUT2D eigenvalue weighted by molar-refractivity contribution is -0.185. The number of methoxy groups -OCH3 is 1. The number of hydroxylamine groups is 2. The van der Waals surface area contributed by atoms with Crippen LogP contribution in [0.2, 0.25) is 0 Å². The van der Waals surface area contributed by atoms with E-state index in [2.05, 4.69) is 57.3 Å². The topological polar surface area (TPSA) is 122 Å². The molecule has 5 unspecified atom stereocenters. The van der Waals surface area contributed by atoms with Gasteiger partial charge in [0.2, 0.25) is 5.91 Å². The molecule has 6 aliphatic rings. The quantitative estimate of drug-likeness (QED) is 0.179. The molecule has 2 aliphatic heterocycles. The first-order chi connectivity index (χ1) is 23.3. The molecule has 0 aromatic carbocycles. The van der Waals surface area contributed by atoms with E-state index in [1.807, 2.05) is 12.2 Å². The van der Waals surface area contributed by atoms with Crippen LogP contribution >= 0.6 is 0 Å². The van der Waals surface area contributed by atoms with E-state index in [0.717, 1.165) is 64.6 Å². The summed E-state index contributed by atoms with van der Waals surface area (Å²) in [4.78, 5) is 23.1. The van der Waals surface area contributed by atoms with E-state index in [4.69, 9.17) is 20.0 Å². The highest BCUT2D eigenvalue weighted by Gasteiger charge is 2.57. The number of nitrogens with one attached hydrogen (secondary N) is 2. The number of ether oxygens (including phenoxy) is 2. The van der Waals surface area contributed by atoms with Crippen molar-refractivity contribution in [2.75, 3.05) is 54.0 Å². The Kier molecular flexibility index (Phi) is 13.9. The number of nitrogens with zero attached hydrogens (tertiary/aromatic N) is 2. The highest BCUT2D eigenvalue weighted by atomic mass is 16.7. The van der Waals surface area contributed by atoms with Crippen LogP contribution in [0.4, 0.5) is 0 Å². The minimum absolute atomic E-state index is 0.0208. The summed E-state index contributed by atoms with van der Waals surface area (Å²) in [6, 6.07) is 0.108. The van der Waals surface area contributed by atoms with Crippen molar-refractivity contribution in [2.45, 2.75) is 141 Å². The molecule has 0 aromatic rings. The van der Waals surface area contributed by atoms with Crippen LogP contribution in [0, 0.1) is 46.8 Å². The standard InChI is InChI=1S/C39H73N5O5/c1-24(43(6)7)17-27(21-41-22-31-13-10-16-48-31)14-15-28-11-9-12-29(37(28)47-8)23-44-36(35(26(3)45)34(20-40)49-44)38(46)42-33-19-30-18-32(25(33)2)39(30,4)5/h24-37,41,45H,9-23,40H2,1-8H3,(H,42,46)/t24?,25-,26-,27?,28?,29?,30+,31+,32-,33-,34-,35+,36-,37?/m0/s1. The summed E-state index contributed by atoms with van der Waals surface area (Å²) in [6.07, 6.45) is 10.8. The Morgan fingerprint density at radius 2 is 1.90 bits per heavy atom. The molecule has 10 heteroatoms. The average molecular weight is 692 g/mol. The lowest BCUT2D eigenvalue weighted by Gasteiger charge is -2.62. The first-order valence-corrected chi connectivity index (χ1v) is 20.0. The summed E-state index contributed by atoms with van der Waals surface area (Å²) in [5.41, 5.74) is 6.57. The molecule has 6 rings (SSSR count). The Bertz CT molecular complexity index is 1040. The number of rotatable bonds is 17. The van der Waals surface area contributed by atoms with E-state index >= 15 is 0 Å². The maximum absolute atomic E-state index is 14.2. The smallest absolute Gasteiger partial charge is 0.240 e. The monoisotopic (exact) mass is 692 g/mol. The molecule has 0 radical (unpaired) electrons. The second-order valence-electron chi connectivity index (χ2n) is 17.7. The van der Waals surface area contributed by atoms with Crippen molar-refractivity contribution in [3.63, 3.8) is 0 Å². The molecule has 10 nitrogen and oxygen atoms in total. The summed E-state index contributed by atoms with van der Waals surface area (Å²) in [5, 5.41) is 20.1. The SMILES string of the molecule is COC1C(CCC(CNC[C@H]2CCCO2)CC(C)N(C)C)CCCC1CN1O[C@@H](CN)[C@@H]([C@H](C)O)[C@H]1C(=O)N[C@H]1C[C@H]2C[C@@H]([C@@H]1C)C2(C)C. The molecule has 14 atom stereocenters. The van der Waals surface area contributed by atoms with Gasteiger partial charge in [-0.15, -0.1) is 0 Å². The van der Waals surface area contributed by atoms with E-state index < -0.39 is 18.2 Å². The number of hydrogen-bond donors (Lipinski definition) is 4. The van der Waals surface area contributed by atoms with Crippen LogP contribution in [-0.2, 0) is 19.1 Å². The van der Waals surface area contributed by atoms with Crippen LogP contribution in [0.3, 0.4) is 0 Å². The Morgan fingerprint density at radius 3 is 2.51 bits per heavy atom. The molecule has 6 fully saturated rings. The molecule has 0 aromatic heterocycles. The van der Waals surface area contributed by atoms with Crippen molar-refractivity contribution >= 4 is 5.91 Å². The zero-order chi connectivity index (χ0) is 35.5. The first kappa shape index (κ1) is 39.4. The lowest BCUT2D eigenvalue weighted by atomic mass is 9.45. The molecule has 0 spiro atoms. The number of aliphatic hydroxyl groups is 1. The maximum atomic E-state index is 14.2. The maximum Gasteiger partial charge on any atom is 0.240 e. The normalized spacial score (nSPS) is 39.4. The van der Waals surface area contributed by atoms with E-state index in [1.165, 1.54) is 19.3 Å². The first-order valence-electron chi connectivity index (χ1n) is 20.0. The molecule has 4 saturated carbocycles. The third-order valence-electron chi connectivity index (χ3n) is 14.2.